The summed E-state index contributed by atoms with van der Waals surface area (Å²) in [7, 11) is 0. The summed E-state index contributed by atoms with van der Waals surface area (Å²) in [5, 5.41) is 6.36. The van der Waals surface area contributed by atoms with E-state index in [1.165, 1.54) is 17.9 Å². The van der Waals surface area contributed by atoms with Crippen LogP contribution in [0.4, 0.5) is 5.69 Å². The molecule has 0 bridgehead atoms. The minimum absolute atomic E-state index is 0.00456. The molecule has 104 valence electrons. The second kappa shape index (κ2) is 6.85. The Morgan fingerprint density at radius 2 is 2.32 bits per heavy atom. The number of benzene rings is 1. The fourth-order valence-corrected chi connectivity index (χ4v) is 3.41. The van der Waals surface area contributed by atoms with Gasteiger partial charge in [-0.3, -0.25) is 4.79 Å². The molecule has 0 radical (unpaired) electrons. The van der Waals surface area contributed by atoms with Crippen molar-refractivity contribution < 1.29 is 4.79 Å². The first kappa shape index (κ1) is 14.3. The van der Waals surface area contributed by atoms with Crippen molar-refractivity contribution in [3.05, 3.63) is 29.8 Å². The average Bonchev–Trinajstić information content (AvgIpc) is 2.89. The Morgan fingerprint density at radius 3 is 3.00 bits per heavy atom. The minimum atomic E-state index is -0.00456. The highest BCUT2D eigenvalue weighted by molar-refractivity contribution is 7.99. The molecule has 0 saturated carbocycles. The lowest BCUT2D eigenvalue weighted by Crippen LogP contribution is -2.30. The van der Waals surface area contributed by atoms with Crippen LogP contribution in [0.3, 0.4) is 0 Å². The van der Waals surface area contributed by atoms with Gasteiger partial charge in [-0.1, -0.05) is 6.07 Å². The Morgan fingerprint density at radius 1 is 1.47 bits per heavy atom. The first-order chi connectivity index (χ1) is 9.15. The van der Waals surface area contributed by atoms with E-state index in [1.807, 2.05) is 49.9 Å². The van der Waals surface area contributed by atoms with Gasteiger partial charge in [-0.15, -0.1) is 0 Å². The zero-order valence-corrected chi connectivity index (χ0v) is 12.4. The summed E-state index contributed by atoms with van der Waals surface area (Å²) < 4.78 is 0. The maximum Gasteiger partial charge on any atom is 0.251 e. The van der Waals surface area contributed by atoms with Crippen molar-refractivity contribution in [2.75, 3.05) is 23.4 Å². The summed E-state index contributed by atoms with van der Waals surface area (Å²) in [6.45, 7) is 4.94. The zero-order chi connectivity index (χ0) is 13.7. The quantitative estimate of drug-likeness (QED) is 0.870. The van der Waals surface area contributed by atoms with E-state index in [-0.39, 0.29) is 11.9 Å². The Kier molecular flexibility index (Phi) is 5.14. The van der Waals surface area contributed by atoms with Crippen LogP contribution in [0.1, 0.15) is 30.6 Å². The number of hydrogen-bond acceptors (Lipinski definition) is 3. The molecule has 0 aliphatic carbocycles. The molecule has 3 nitrogen and oxygen atoms in total. The van der Waals surface area contributed by atoms with Crippen LogP contribution in [0.2, 0.25) is 0 Å². The molecule has 1 heterocycles. The van der Waals surface area contributed by atoms with Gasteiger partial charge in [-0.2, -0.15) is 11.8 Å². The lowest BCUT2D eigenvalue weighted by atomic mass is 10.1. The molecule has 0 spiro atoms. The molecule has 1 unspecified atom stereocenters. The number of nitrogens with one attached hydrogen (secondary N) is 2. The molecule has 1 amide bonds. The van der Waals surface area contributed by atoms with Gasteiger partial charge >= 0.3 is 0 Å². The third-order valence-corrected chi connectivity index (χ3v) is 4.39. The SMILES string of the molecule is CC(C)NC(=O)c1cccc(NCC2CCSC2)c1. The van der Waals surface area contributed by atoms with Gasteiger partial charge in [0.05, 0.1) is 0 Å². The lowest BCUT2D eigenvalue weighted by Gasteiger charge is -2.13. The van der Waals surface area contributed by atoms with Gasteiger partial charge in [-0.25, -0.2) is 0 Å². The molecular formula is C15H22N2OS. The van der Waals surface area contributed by atoms with E-state index in [9.17, 15) is 4.79 Å². The smallest absolute Gasteiger partial charge is 0.251 e. The predicted molar refractivity (Wildman–Crippen MR) is 83.0 cm³/mol. The fraction of sp³-hybridized carbons (Fsp3) is 0.533. The fourth-order valence-electron chi connectivity index (χ4n) is 2.12. The Balaban J connectivity index is 1.92. The summed E-state index contributed by atoms with van der Waals surface area (Å²) in [5.41, 5.74) is 1.76. The summed E-state index contributed by atoms with van der Waals surface area (Å²) in [4.78, 5) is 11.9. The van der Waals surface area contributed by atoms with E-state index in [0.717, 1.165) is 23.7 Å². The van der Waals surface area contributed by atoms with Gasteiger partial charge in [0.25, 0.3) is 5.91 Å². The van der Waals surface area contributed by atoms with Crippen LogP contribution in [-0.2, 0) is 0 Å². The normalized spacial score (nSPS) is 18.6. The van der Waals surface area contributed by atoms with E-state index < -0.39 is 0 Å². The number of amides is 1. The summed E-state index contributed by atoms with van der Waals surface area (Å²) >= 11 is 2.03. The number of carbonyl (C=O) groups is 1. The van der Waals surface area contributed by atoms with E-state index in [0.29, 0.717) is 0 Å². The molecular weight excluding hydrogens is 256 g/mol. The van der Waals surface area contributed by atoms with Crippen LogP contribution in [0.25, 0.3) is 0 Å². The number of carbonyl (C=O) groups excluding carboxylic acids is 1. The predicted octanol–water partition coefficient (Wildman–Crippen LogP) is 2.99. The van der Waals surface area contributed by atoms with Crippen LogP contribution in [0, 0.1) is 5.92 Å². The van der Waals surface area contributed by atoms with E-state index >= 15 is 0 Å². The first-order valence-corrected chi connectivity index (χ1v) is 8.03. The lowest BCUT2D eigenvalue weighted by molar-refractivity contribution is 0.0943. The second-order valence-corrected chi connectivity index (χ2v) is 6.47. The van der Waals surface area contributed by atoms with Crippen LogP contribution in [0.5, 0.6) is 0 Å². The van der Waals surface area contributed by atoms with Crippen LogP contribution in [-0.4, -0.2) is 30.0 Å². The first-order valence-electron chi connectivity index (χ1n) is 6.87. The van der Waals surface area contributed by atoms with E-state index in [4.69, 9.17) is 0 Å². The van der Waals surface area contributed by atoms with Crippen molar-refractivity contribution in [1.82, 2.24) is 5.32 Å². The zero-order valence-electron chi connectivity index (χ0n) is 11.6. The van der Waals surface area contributed by atoms with Gasteiger partial charge in [0, 0.05) is 23.8 Å². The van der Waals surface area contributed by atoms with Crippen molar-refractivity contribution in [3.8, 4) is 0 Å². The summed E-state index contributed by atoms with van der Waals surface area (Å²) in [5.74, 6) is 3.29. The van der Waals surface area contributed by atoms with E-state index in [1.54, 1.807) is 0 Å². The van der Waals surface area contributed by atoms with Gasteiger partial charge in [0.2, 0.25) is 0 Å². The molecule has 2 N–H and O–H groups in total. The maximum atomic E-state index is 11.9. The summed E-state index contributed by atoms with van der Waals surface area (Å²) in [6, 6.07) is 7.91. The molecule has 1 aliphatic rings. The largest absolute Gasteiger partial charge is 0.385 e. The third kappa shape index (κ3) is 4.46. The van der Waals surface area contributed by atoms with Gasteiger partial charge in [-0.05, 0) is 55.9 Å². The van der Waals surface area contributed by atoms with Gasteiger partial charge in [0.1, 0.15) is 0 Å². The topological polar surface area (TPSA) is 41.1 Å². The molecule has 1 saturated heterocycles. The number of anilines is 1. The monoisotopic (exact) mass is 278 g/mol. The van der Waals surface area contributed by atoms with E-state index in [2.05, 4.69) is 10.6 Å². The molecule has 19 heavy (non-hydrogen) atoms. The van der Waals surface area contributed by atoms with Crippen molar-refractivity contribution >= 4 is 23.4 Å². The third-order valence-electron chi connectivity index (χ3n) is 3.16. The number of hydrogen-bond donors (Lipinski definition) is 2. The molecule has 4 heteroatoms. The van der Waals surface area contributed by atoms with Crippen molar-refractivity contribution in [2.45, 2.75) is 26.3 Å². The molecule has 1 aromatic rings. The molecule has 1 atom stereocenters. The minimum Gasteiger partial charge on any atom is -0.385 e. The molecule has 1 aliphatic heterocycles. The Labute approximate surface area is 119 Å². The summed E-state index contributed by atoms with van der Waals surface area (Å²) in [6.07, 6.45) is 1.30. The number of thioether (sulfide) groups is 1. The standard InChI is InChI=1S/C15H22N2OS/c1-11(2)17-15(18)13-4-3-5-14(8-13)16-9-12-6-7-19-10-12/h3-5,8,11-12,16H,6-7,9-10H2,1-2H3,(H,17,18). The van der Waals surface area contributed by atoms with Crippen molar-refractivity contribution in [3.63, 3.8) is 0 Å². The highest BCUT2D eigenvalue weighted by Crippen LogP contribution is 2.23. The molecule has 1 aromatic carbocycles. The highest BCUT2D eigenvalue weighted by atomic mass is 32.2. The van der Waals surface area contributed by atoms with Crippen LogP contribution >= 0.6 is 11.8 Å². The molecule has 1 fully saturated rings. The Hall–Kier alpha value is -1.16. The van der Waals surface area contributed by atoms with Gasteiger partial charge in [0.15, 0.2) is 0 Å². The second-order valence-electron chi connectivity index (χ2n) is 5.32. The highest BCUT2D eigenvalue weighted by Gasteiger charge is 2.15. The average molecular weight is 278 g/mol. The van der Waals surface area contributed by atoms with Crippen LogP contribution < -0.4 is 10.6 Å². The van der Waals surface area contributed by atoms with Crippen molar-refractivity contribution in [2.24, 2.45) is 5.92 Å². The number of rotatable bonds is 5. The molecule has 2 rings (SSSR count). The molecule has 0 aromatic heterocycles. The Bertz CT molecular complexity index is 428. The van der Waals surface area contributed by atoms with Crippen molar-refractivity contribution in [1.29, 1.82) is 0 Å². The van der Waals surface area contributed by atoms with Gasteiger partial charge < -0.3 is 10.6 Å². The maximum absolute atomic E-state index is 11.9. The van der Waals surface area contributed by atoms with Crippen LogP contribution in [0.15, 0.2) is 24.3 Å².